The van der Waals surface area contributed by atoms with E-state index in [-0.39, 0.29) is 23.8 Å². The highest BCUT2D eigenvalue weighted by atomic mass is 16.5. The van der Waals surface area contributed by atoms with Gasteiger partial charge in [-0.25, -0.2) is 0 Å². The van der Waals surface area contributed by atoms with E-state index in [4.69, 9.17) is 9.47 Å². The molecule has 0 unspecified atom stereocenters. The van der Waals surface area contributed by atoms with Crippen molar-refractivity contribution in [3.8, 4) is 11.5 Å². The molecule has 2 fully saturated rings. The number of nitrogens with zero attached hydrogens (tertiary/aromatic N) is 3. The molecule has 0 bridgehead atoms. The maximum atomic E-state index is 12.4. The van der Waals surface area contributed by atoms with Gasteiger partial charge in [0.25, 0.3) is 0 Å². The van der Waals surface area contributed by atoms with Gasteiger partial charge in [-0.3, -0.25) is 14.4 Å². The highest BCUT2D eigenvalue weighted by molar-refractivity contribution is 5.81. The Hall–Kier alpha value is -2.54. The monoisotopic (exact) mass is 384 g/mol. The number of carbonyl (C=O) groups excluding carboxylic acids is 1. The van der Waals surface area contributed by atoms with Crippen molar-refractivity contribution in [3.63, 3.8) is 0 Å². The van der Waals surface area contributed by atoms with Crippen molar-refractivity contribution in [1.29, 1.82) is 0 Å². The molecule has 1 saturated carbocycles. The summed E-state index contributed by atoms with van der Waals surface area (Å²) < 4.78 is 12.7. The molecule has 1 aliphatic heterocycles. The summed E-state index contributed by atoms with van der Waals surface area (Å²) >= 11 is 0. The second kappa shape index (κ2) is 7.83. The second-order valence-electron chi connectivity index (χ2n) is 7.76. The zero-order valence-corrected chi connectivity index (χ0v) is 16.7. The highest BCUT2D eigenvalue weighted by Gasteiger charge is 2.39. The predicted octanol–water partition coefficient (Wildman–Crippen LogP) is 1.93. The molecule has 1 aromatic carbocycles. The average molecular weight is 384 g/mol. The number of hydrogen-bond acceptors (Lipinski definition) is 5. The van der Waals surface area contributed by atoms with E-state index in [1.807, 2.05) is 30.1 Å². The largest absolute Gasteiger partial charge is 0.493 e. The lowest BCUT2D eigenvalue weighted by atomic mass is 9.99. The third-order valence-corrected chi connectivity index (χ3v) is 5.76. The number of rotatable bonds is 7. The number of nitrogens with one attached hydrogen (secondary N) is 1. The molecule has 150 valence electrons. The first-order valence-electron chi connectivity index (χ1n) is 9.80. The molecule has 1 N–H and O–H groups in total. The van der Waals surface area contributed by atoms with E-state index in [0.717, 1.165) is 55.2 Å². The molecule has 0 spiro atoms. The van der Waals surface area contributed by atoms with Crippen molar-refractivity contribution in [2.75, 3.05) is 27.3 Å². The molecule has 1 amide bonds. The summed E-state index contributed by atoms with van der Waals surface area (Å²) in [7, 11) is 5.26. The number of ether oxygens (including phenoxy) is 2. The van der Waals surface area contributed by atoms with E-state index >= 15 is 0 Å². The summed E-state index contributed by atoms with van der Waals surface area (Å²) in [6, 6.07) is 8.18. The van der Waals surface area contributed by atoms with Gasteiger partial charge >= 0.3 is 0 Å². The number of benzene rings is 1. The van der Waals surface area contributed by atoms with Gasteiger partial charge in [-0.2, -0.15) is 5.10 Å². The van der Waals surface area contributed by atoms with Gasteiger partial charge in [0, 0.05) is 50.4 Å². The first-order chi connectivity index (χ1) is 13.6. The number of likely N-dealkylation sites (tertiary alicyclic amines) is 1. The standard InChI is InChI=1S/C21H28N4O3/c1-24-18(8-9-22-24)16-12-25(13-17(16)23-21(26)15-5-6-15)11-14-4-7-19(27-2)20(10-14)28-3/h4,7-10,15-17H,5-6,11-13H2,1-3H3,(H,23,26)/t16-,17-/m1/s1. The van der Waals surface area contributed by atoms with Gasteiger partial charge in [0.2, 0.25) is 5.91 Å². The summed E-state index contributed by atoms with van der Waals surface area (Å²) in [5, 5.41) is 7.62. The number of aromatic nitrogens is 2. The van der Waals surface area contributed by atoms with E-state index in [0.29, 0.717) is 0 Å². The molecule has 28 heavy (non-hydrogen) atoms. The van der Waals surface area contributed by atoms with Crippen LogP contribution in [0.2, 0.25) is 0 Å². The quantitative estimate of drug-likeness (QED) is 0.790. The topological polar surface area (TPSA) is 68.6 Å². The summed E-state index contributed by atoms with van der Waals surface area (Å²) in [5.74, 6) is 2.11. The van der Waals surface area contributed by atoms with E-state index in [1.54, 1.807) is 14.2 Å². The summed E-state index contributed by atoms with van der Waals surface area (Å²) in [6.45, 7) is 2.50. The number of carbonyl (C=O) groups is 1. The van der Waals surface area contributed by atoms with Crippen LogP contribution in [0.4, 0.5) is 0 Å². The van der Waals surface area contributed by atoms with Gasteiger partial charge in [0.1, 0.15) is 0 Å². The van der Waals surface area contributed by atoms with Gasteiger partial charge in [0.05, 0.1) is 20.3 Å². The second-order valence-corrected chi connectivity index (χ2v) is 7.76. The van der Waals surface area contributed by atoms with Crippen molar-refractivity contribution in [2.45, 2.75) is 31.3 Å². The molecular weight excluding hydrogens is 356 g/mol. The van der Waals surface area contributed by atoms with Crippen LogP contribution in [0.5, 0.6) is 11.5 Å². The molecule has 2 heterocycles. The van der Waals surface area contributed by atoms with Crippen LogP contribution in [0.3, 0.4) is 0 Å². The Balaban J connectivity index is 1.50. The number of hydrogen-bond donors (Lipinski definition) is 1. The Labute approximate surface area is 165 Å². The van der Waals surface area contributed by atoms with Gasteiger partial charge in [-0.15, -0.1) is 0 Å². The predicted molar refractivity (Wildman–Crippen MR) is 105 cm³/mol. The van der Waals surface area contributed by atoms with Crippen LogP contribution in [-0.2, 0) is 18.4 Å². The summed E-state index contributed by atoms with van der Waals surface area (Å²) in [5.41, 5.74) is 2.33. The molecule has 2 aliphatic rings. The van der Waals surface area contributed by atoms with Gasteiger partial charge in [-0.1, -0.05) is 6.07 Å². The Morgan fingerprint density at radius 3 is 2.61 bits per heavy atom. The lowest BCUT2D eigenvalue weighted by Crippen LogP contribution is -2.41. The van der Waals surface area contributed by atoms with Crippen molar-refractivity contribution >= 4 is 5.91 Å². The van der Waals surface area contributed by atoms with Crippen LogP contribution < -0.4 is 14.8 Å². The van der Waals surface area contributed by atoms with E-state index in [2.05, 4.69) is 27.4 Å². The fourth-order valence-electron chi connectivity index (χ4n) is 4.09. The molecule has 1 aliphatic carbocycles. The first-order valence-corrected chi connectivity index (χ1v) is 9.80. The van der Waals surface area contributed by atoms with Crippen LogP contribution in [-0.4, -0.2) is 53.9 Å². The Kier molecular flexibility index (Phi) is 5.26. The smallest absolute Gasteiger partial charge is 0.223 e. The Morgan fingerprint density at radius 1 is 1.18 bits per heavy atom. The molecule has 7 nitrogen and oxygen atoms in total. The SMILES string of the molecule is COc1ccc(CN2C[C@@H](NC(=O)C3CC3)[C@H](c3ccnn3C)C2)cc1OC. The maximum absolute atomic E-state index is 12.4. The van der Waals surface area contributed by atoms with Crippen molar-refractivity contribution in [2.24, 2.45) is 13.0 Å². The minimum atomic E-state index is 0.101. The molecule has 1 aromatic heterocycles. The van der Waals surface area contributed by atoms with Crippen LogP contribution in [0.25, 0.3) is 0 Å². The van der Waals surface area contributed by atoms with Gasteiger partial charge in [0.15, 0.2) is 11.5 Å². The average Bonchev–Trinajstić information content (AvgIpc) is 3.37. The molecule has 0 radical (unpaired) electrons. The normalized spacial score (nSPS) is 22.2. The fourth-order valence-corrected chi connectivity index (χ4v) is 4.09. The molecule has 2 aromatic rings. The third-order valence-electron chi connectivity index (χ3n) is 5.76. The molecule has 2 atom stereocenters. The lowest BCUT2D eigenvalue weighted by molar-refractivity contribution is -0.123. The molecule has 4 rings (SSSR count). The molecule has 7 heteroatoms. The lowest BCUT2D eigenvalue weighted by Gasteiger charge is -2.20. The van der Waals surface area contributed by atoms with E-state index < -0.39 is 0 Å². The van der Waals surface area contributed by atoms with Gasteiger partial charge < -0.3 is 14.8 Å². The van der Waals surface area contributed by atoms with Crippen LogP contribution in [0, 0.1) is 5.92 Å². The van der Waals surface area contributed by atoms with Crippen molar-refractivity contribution in [1.82, 2.24) is 20.0 Å². The van der Waals surface area contributed by atoms with Crippen LogP contribution >= 0.6 is 0 Å². The van der Waals surface area contributed by atoms with Crippen molar-refractivity contribution in [3.05, 3.63) is 41.7 Å². The van der Waals surface area contributed by atoms with Crippen molar-refractivity contribution < 1.29 is 14.3 Å². The Bertz CT molecular complexity index is 846. The zero-order chi connectivity index (χ0) is 19.7. The minimum absolute atomic E-state index is 0.101. The van der Waals surface area contributed by atoms with E-state index in [1.165, 1.54) is 0 Å². The zero-order valence-electron chi connectivity index (χ0n) is 16.7. The Morgan fingerprint density at radius 2 is 1.96 bits per heavy atom. The number of methoxy groups -OCH3 is 2. The highest BCUT2D eigenvalue weighted by Crippen LogP contribution is 2.33. The van der Waals surface area contributed by atoms with Gasteiger partial charge in [-0.05, 0) is 36.6 Å². The summed E-state index contributed by atoms with van der Waals surface area (Å²) in [6.07, 6.45) is 3.86. The van der Waals surface area contributed by atoms with E-state index in [9.17, 15) is 4.79 Å². The minimum Gasteiger partial charge on any atom is -0.493 e. The first kappa shape index (κ1) is 18.8. The number of aryl methyl sites for hydroxylation is 1. The maximum Gasteiger partial charge on any atom is 0.223 e. The third kappa shape index (κ3) is 3.85. The molecule has 1 saturated heterocycles. The summed E-state index contributed by atoms with van der Waals surface area (Å²) in [4.78, 5) is 14.8. The van der Waals surface area contributed by atoms with Crippen LogP contribution in [0.1, 0.15) is 30.0 Å². The number of amides is 1. The van der Waals surface area contributed by atoms with Crippen LogP contribution in [0.15, 0.2) is 30.5 Å². The fraction of sp³-hybridized carbons (Fsp3) is 0.524. The molecular formula is C21H28N4O3.